The van der Waals surface area contributed by atoms with Crippen molar-refractivity contribution in [3.8, 4) is 0 Å². The van der Waals surface area contributed by atoms with Crippen molar-refractivity contribution in [2.75, 3.05) is 18.9 Å². The highest BCUT2D eigenvalue weighted by Gasteiger charge is 2.10. The second-order valence-electron chi connectivity index (χ2n) is 4.79. The van der Waals surface area contributed by atoms with Crippen molar-refractivity contribution in [1.82, 2.24) is 5.32 Å². The van der Waals surface area contributed by atoms with E-state index in [0.29, 0.717) is 18.7 Å². The standard InChI is InChI=1S/C17H21NO2S/c19-13-11-17(15-7-3-1-4-8-15)18-12-14-21(20)16-9-5-2-6-10-16/h1-10,17-19H,11-14H2. The largest absolute Gasteiger partial charge is 0.396 e. The van der Waals surface area contributed by atoms with Gasteiger partial charge in [0.1, 0.15) is 0 Å². The first-order chi connectivity index (χ1) is 10.3. The summed E-state index contributed by atoms with van der Waals surface area (Å²) in [5.41, 5.74) is 1.15. The van der Waals surface area contributed by atoms with Crippen LogP contribution in [0, 0.1) is 0 Å². The highest BCUT2D eigenvalue weighted by Crippen LogP contribution is 2.15. The summed E-state index contributed by atoms with van der Waals surface area (Å²) in [5, 5.41) is 12.6. The summed E-state index contributed by atoms with van der Waals surface area (Å²) in [6.07, 6.45) is 0.655. The Morgan fingerprint density at radius 1 is 1.00 bits per heavy atom. The number of aliphatic hydroxyl groups is 1. The maximum atomic E-state index is 12.1. The molecule has 2 N–H and O–H groups in total. The van der Waals surface area contributed by atoms with Crippen LogP contribution in [-0.2, 0) is 10.8 Å². The molecule has 0 aliphatic carbocycles. The molecule has 0 heterocycles. The lowest BCUT2D eigenvalue weighted by atomic mass is 10.0. The van der Waals surface area contributed by atoms with Crippen LogP contribution >= 0.6 is 0 Å². The van der Waals surface area contributed by atoms with E-state index in [1.807, 2.05) is 60.7 Å². The Morgan fingerprint density at radius 2 is 1.62 bits per heavy atom. The fourth-order valence-electron chi connectivity index (χ4n) is 2.22. The van der Waals surface area contributed by atoms with E-state index in [-0.39, 0.29) is 12.6 Å². The van der Waals surface area contributed by atoms with Crippen molar-refractivity contribution in [2.24, 2.45) is 0 Å². The minimum absolute atomic E-state index is 0.101. The Hall–Kier alpha value is -1.49. The van der Waals surface area contributed by atoms with Gasteiger partial charge in [-0.1, -0.05) is 48.5 Å². The van der Waals surface area contributed by atoms with Crippen LogP contribution in [0.1, 0.15) is 18.0 Å². The number of aliphatic hydroxyl groups excluding tert-OH is 1. The summed E-state index contributed by atoms with van der Waals surface area (Å²) in [7, 11) is -0.985. The molecule has 2 rings (SSSR count). The van der Waals surface area contributed by atoms with Gasteiger partial charge in [-0.05, 0) is 24.1 Å². The van der Waals surface area contributed by atoms with Crippen LogP contribution in [-0.4, -0.2) is 28.2 Å². The molecule has 0 aromatic heterocycles. The summed E-state index contributed by atoms with van der Waals surface area (Å²) < 4.78 is 12.1. The molecule has 0 aliphatic heterocycles. The van der Waals surface area contributed by atoms with E-state index in [1.54, 1.807) is 0 Å². The Morgan fingerprint density at radius 3 is 2.24 bits per heavy atom. The molecule has 2 unspecified atom stereocenters. The Labute approximate surface area is 128 Å². The lowest BCUT2D eigenvalue weighted by Crippen LogP contribution is -2.26. The van der Waals surface area contributed by atoms with Gasteiger partial charge in [-0.25, -0.2) is 0 Å². The summed E-state index contributed by atoms with van der Waals surface area (Å²) in [6.45, 7) is 0.787. The number of nitrogens with one attached hydrogen (secondary N) is 1. The van der Waals surface area contributed by atoms with Crippen molar-refractivity contribution in [1.29, 1.82) is 0 Å². The minimum Gasteiger partial charge on any atom is -0.396 e. The molecule has 2 aromatic carbocycles. The second kappa shape index (κ2) is 8.72. The van der Waals surface area contributed by atoms with E-state index in [1.165, 1.54) is 0 Å². The quantitative estimate of drug-likeness (QED) is 0.788. The highest BCUT2D eigenvalue weighted by atomic mass is 32.2. The minimum atomic E-state index is -0.985. The van der Waals surface area contributed by atoms with E-state index in [9.17, 15) is 9.32 Å². The average molecular weight is 303 g/mol. The number of rotatable bonds is 8. The normalized spacial score (nSPS) is 13.8. The zero-order valence-electron chi connectivity index (χ0n) is 11.9. The molecule has 4 heteroatoms. The lowest BCUT2D eigenvalue weighted by molar-refractivity contribution is 0.266. The van der Waals surface area contributed by atoms with Gasteiger partial charge in [-0.2, -0.15) is 0 Å². The molecule has 0 aliphatic rings. The van der Waals surface area contributed by atoms with Crippen LogP contribution in [0.25, 0.3) is 0 Å². The van der Waals surface area contributed by atoms with Crippen LogP contribution in [0.15, 0.2) is 65.6 Å². The van der Waals surface area contributed by atoms with Crippen molar-refractivity contribution in [2.45, 2.75) is 17.4 Å². The van der Waals surface area contributed by atoms with Crippen LogP contribution in [0.3, 0.4) is 0 Å². The van der Waals surface area contributed by atoms with Gasteiger partial charge in [0.2, 0.25) is 0 Å². The van der Waals surface area contributed by atoms with Gasteiger partial charge < -0.3 is 10.4 Å². The summed E-state index contributed by atoms with van der Waals surface area (Å²) in [4.78, 5) is 0.859. The fourth-order valence-corrected chi connectivity index (χ4v) is 3.22. The molecular formula is C17H21NO2S. The van der Waals surface area contributed by atoms with E-state index >= 15 is 0 Å². The van der Waals surface area contributed by atoms with E-state index in [2.05, 4.69) is 5.32 Å². The smallest absolute Gasteiger partial charge is 0.0542 e. The third-order valence-corrected chi connectivity index (χ3v) is 4.68. The molecule has 0 fully saturated rings. The van der Waals surface area contributed by atoms with Crippen molar-refractivity contribution in [3.63, 3.8) is 0 Å². The average Bonchev–Trinajstić information content (AvgIpc) is 2.55. The Bertz CT molecular complexity index is 545. The predicted molar refractivity (Wildman–Crippen MR) is 86.6 cm³/mol. The van der Waals surface area contributed by atoms with Crippen LogP contribution in [0.4, 0.5) is 0 Å². The van der Waals surface area contributed by atoms with Gasteiger partial charge in [-0.15, -0.1) is 0 Å². The van der Waals surface area contributed by atoms with Gasteiger partial charge in [0.05, 0.1) is 10.8 Å². The molecule has 0 spiro atoms. The summed E-state index contributed by atoms with van der Waals surface area (Å²) >= 11 is 0. The lowest BCUT2D eigenvalue weighted by Gasteiger charge is -2.18. The maximum Gasteiger partial charge on any atom is 0.0542 e. The molecule has 112 valence electrons. The zero-order valence-corrected chi connectivity index (χ0v) is 12.8. The number of benzene rings is 2. The van der Waals surface area contributed by atoms with Gasteiger partial charge in [0.25, 0.3) is 0 Å². The number of hydrogen-bond acceptors (Lipinski definition) is 3. The van der Waals surface area contributed by atoms with Gasteiger partial charge >= 0.3 is 0 Å². The van der Waals surface area contributed by atoms with Gasteiger partial charge in [0.15, 0.2) is 0 Å². The Balaban J connectivity index is 1.87. The SMILES string of the molecule is O=S(CCNC(CCO)c1ccccc1)c1ccccc1. The van der Waals surface area contributed by atoms with Gasteiger partial charge in [0, 0.05) is 29.8 Å². The first-order valence-corrected chi connectivity index (χ1v) is 8.46. The van der Waals surface area contributed by atoms with Crippen LogP contribution in [0.2, 0.25) is 0 Å². The number of hydrogen-bond donors (Lipinski definition) is 2. The molecule has 0 radical (unpaired) electrons. The Kier molecular flexibility index (Phi) is 6.60. The summed E-state index contributed by atoms with van der Waals surface area (Å²) in [6, 6.07) is 19.6. The first kappa shape index (κ1) is 15.9. The third kappa shape index (κ3) is 5.08. The molecule has 0 saturated heterocycles. The van der Waals surface area contributed by atoms with E-state index in [0.717, 1.165) is 10.5 Å². The maximum absolute atomic E-state index is 12.1. The summed E-state index contributed by atoms with van der Waals surface area (Å²) in [5.74, 6) is 0.568. The molecule has 3 nitrogen and oxygen atoms in total. The van der Waals surface area contributed by atoms with Crippen molar-refractivity contribution in [3.05, 3.63) is 66.2 Å². The predicted octanol–water partition coefficient (Wildman–Crippen LogP) is 2.51. The zero-order chi connectivity index (χ0) is 14.9. The topological polar surface area (TPSA) is 49.3 Å². The van der Waals surface area contributed by atoms with Crippen LogP contribution in [0.5, 0.6) is 0 Å². The van der Waals surface area contributed by atoms with Crippen molar-refractivity contribution < 1.29 is 9.32 Å². The monoisotopic (exact) mass is 303 g/mol. The highest BCUT2D eigenvalue weighted by molar-refractivity contribution is 7.85. The van der Waals surface area contributed by atoms with Gasteiger partial charge in [-0.3, -0.25) is 4.21 Å². The third-order valence-electron chi connectivity index (χ3n) is 3.30. The van der Waals surface area contributed by atoms with E-state index < -0.39 is 10.8 Å². The molecule has 2 aromatic rings. The molecule has 0 bridgehead atoms. The molecular weight excluding hydrogens is 282 g/mol. The fraction of sp³-hybridized carbons (Fsp3) is 0.294. The van der Waals surface area contributed by atoms with Crippen molar-refractivity contribution >= 4 is 10.8 Å². The molecule has 2 atom stereocenters. The first-order valence-electron chi connectivity index (χ1n) is 7.14. The van der Waals surface area contributed by atoms with E-state index in [4.69, 9.17) is 0 Å². The molecule has 21 heavy (non-hydrogen) atoms. The molecule has 0 saturated carbocycles. The molecule has 0 amide bonds. The second-order valence-corrected chi connectivity index (χ2v) is 6.36. The van der Waals surface area contributed by atoms with Crippen LogP contribution < -0.4 is 5.32 Å².